The molecule has 0 spiro atoms. The lowest BCUT2D eigenvalue weighted by atomic mass is 10.1. The molecule has 0 aliphatic heterocycles. The number of carbonyl (C=O) groups excluding carboxylic acids is 2. The van der Waals surface area contributed by atoms with Crippen molar-refractivity contribution in [3.8, 4) is 0 Å². The summed E-state index contributed by atoms with van der Waals surface area (Å²) in [6.45, 7) is 4.30. The molecule has 1 heterocycles. The maximum absolute atomic E-state index is 12.5. The second kappa shape index (κ2) is 7.86. The van der Waals surface area contributed by atoms with E-state index < -0.39 is 0 Å². The average Bonchev–Trinajstić information content (AvgIpc) is 3.08. The zero-order valence-electron chi connectivity index (χ0n) is 15.5. The van der Waals surface area contributed by atoms with Crippen LogP contribution >= 0.6 is 0 Å². The van der Waals surface area contributed by atoms with Crippen molar-refractivity contribution in [3.63, 3.8) is 0 Å². The van der Waals surface area contributed by atoms with Crippen LogP contribution in [0.25, 0.3) is 0 Å². The molecule has 0 bridgehead atoms. The van der Waals surface area contributed by atoms with Crippen molar-refractivity contribution in [1.82, 2.24) is 9.78 Å². The van der Waals surface area contributed by atoms with Crippen LogP contribution in [0.3, 0.4) is 0 Å². The van der Waals surface area contributed by atoms with Crippen molar-refractivity contribution in [3.05, 3.63) is 82.7 Å². The van der Waals surface area contributed by atoms with Crippen molar-refractivity contribution in [2.24, 2.45) is 0 Å². The highest BCUT2D eigenvalue weighted by atomic mass is 16.5. The Morgan fingerprint density at radius 2 is 1.89 bits per heavy atom. The highest BCUT2D eigenvalue weighted by Gasteiger charge is 2.13. The van der Waals surface area contributed by atoms with Crippen LogP contribution in [0.1, 0.15) is 37.4 Å². The van der Waals surface area contributed by atoms with Gasteiger partial charge in [0.15, 0.2) is 0 Å². The fourth-order valence-electron chi connectivity index (χ4n) is 2.92. The summed E-state index contributed by atoms with van der Waals surface area (Å²) in [6.07, 6.45) is 3.32. The van der Waals surface area contributed by atoms with Gasteiger partial charge in [0.2, 0.25) is 0 Å². The largest absolute Gasteiger partial charge is 0.465 e. The molecule has 1 N–H and O–H groups in total. The number of aromatic nitrogens is 2. The SMILES string of the molecule is COC(=O)c1ccccc1Cn1cc(NC(=O)c2ccc(C)cc2C)cn1. The third-order valence-corrected chi connectivity index (χ3v) is 4.27. The van der Waals surface area contributed by atoms with Crippen LogP contribution in [0.5, 0.6) is 0 Å². The molecule has 3 aromatic rings. The van der Waals surface area contributed by atoms with Crippen molar-refractivity contribution in [2.75, 3.05) is 12.4 Å². The zero-order valence-corrected chi connectivity index (χ0v) is 15.5. The summed E-state index contributed by atoms with van der Waals surface area (Å²) in [5, 5.41) is 7.13. The van der Waals surface area contributed by atoms with Crippen LogP contribution in [0.4, 0.5) is 5.69 Å². The van der Waals surface area contributed by atoms with Gasteiger partial charge in [0.05, 0.1) is 31.1 Å². The molecule has 6 nitrogen and oxygen atoms in total. The van der Waals surface area contributed by atoms with Gasteiger partial charge in [-0.05, 0) is 37.1 Å². The molecule has 3 rings (SSSR count). The normalized spacial score (nSPS) is 10.5. The van der Waals surface area contributed by atoms with E-state index in [-0.39, 0.29) is 11.9 Å². The van der Waals surface area contributed by atoms with Gasteiger partial charge in [-0.3, -0.25) is 9.48 Å². The number of amides is 1. The Balaban J connectivity index is 1.74. The minimum atomic E-state index is -0.388. The summed E-state index contributed by atoms with van der Waals surface area (Å²) < 4.78 is 6.48. The quantitative estimate of drug-likeness (QED) is 0.703. The van der Waals surface area contributed by atoms with Crippen molar-refractivity contribution in [1.29, 1.82) is 0 Å². The summed E-state index contributed by atoms with van der Waals surface area (Å²) in [5.74, 6) is -0.567. The number of esters is 1. The van der Waals surface area contributed by atoms with E-state index in [9.17, 15) is 9.59 Å². The molecule has 0 fully saturated rings. The molecule has 1 amide bonds. The van der Waals surface area contributed by atoms with E-state index in [1.54, 1.807) is 29.2 Å². The standard InChI is InChI=1S/C21H21N3O3/c1-14-8-9-18(15(2)10-14)20(25)23-17-11-22-24(13-17)12-16-6-4-5-7-19(16)21(26)27-3/h4-11,13H,12H2,1-3H3,(H,23,25). The number of ether oxygens (including phenoxy) is 1. The van der Waals surface area contributed by atoms with Crippen LogP contribution in [-0.4, -0.2) is 28.8 Å². The molecule has 0 unspecified atom stereocenters. The van der Waals surface area contributed by atoms with Gasteiger partial charge in [-0.2, -0.15) is 5.10 Å². The Hall–Kier alpha value is -3.41. The number of hydrogen-bond donors (Lipinski definition) is 1. The van der Waals surface area contributed by atoms with E-state index in [1.165, 1.54) is 7.11 Å². The Morgan fingerprint density at radius 3 is 2.63 bits per heavy atom. The maximum atomic E-state index is 12.5. The Bertz CT molecular complexity index is 992. The van der Waals surface area contributed by atoms with Crippen molar-refractivity contribution >= 4 is 17.6 Å². The predicted molar refractivity (Wildman–Crippen MR) is 103 cm³/mol. The van der Waals surface area contributed by atoms with E-state index in [0.29, 0.717) is 23.4 Å². The fourth-order valence-corrected chi connectivity index (χ4v) is 2.92. The molecule has 2 aromatic carbocycles. The highest BCUT2D eigenvalue weighted by Crippen LogP contribution is 2.16. The second-order valence-electron chi connectivity index (χ2n) is 6.35. The van der Waals surface area contributed by atoms with Crippen molar-refractivity contribution in [2.45, 2.75) is 20.4 Å². The molecule has 0 aliphatic carbocycles. The van der Waals surface area contributed by atoms with Crippen molar-refractivity contribution < 1.29 is 14.3 Å². The third-order valence-electron chi connectivity index (χ3n) is 4.27. The number of anilines is 1. The third kappa shape index (κ3) is 4.23. The number of rotatable bonds is 5. The summed E-state index contributed by atoms with van der Waals surface area (Å²) in [5.41, 5.74) is 4.55. The first kappa shape index (κ1) is 18.4. The van der Waals surface area contributed by atoms with Crippen LogP contribution in [0.15, 0.2) is 54.9 Å². The Morgan fingerprint density at radius 1 is 1.11 bits per heavy atom. The smallest absolute Gasteiger partial charge is 0.338 e. The monoisotopic (exact) mass is 363 g/mol. The van der Waals surface area contributed by atoms with E-state index in [2.05, 4.69) is 10.4 Å². The number of hydrogen-bond acceptors (Lipinski definition) is 4. The molecule has 0 atom stereocenters. The number of aryl methyl sites for hydroxylation is 2. The molecular formula is C21H21N3O3. The topological polar surface area (TPSA) is 73.2 Å². The first-order valence-electron chi connectivity index (χ1n) is 8.55. The van der Waals surface area contributed by atoms with Gasteiger partial charge in [0.25, 0.3) is 5.91 Å². The second-order valence-corrected chi connectivity index (χ2v) is 6.35. The number of carbonyl (C=O) groups is 2. The molecule has 0 saturated carbocycles. The molecule has 0 saturated heterocycles. The minimum absolute atomic E-state index is 0.179. The number of benzene rings is 2. The van der Waals surface area contributed by atoms with Gasteiger partial charge >= 0.3 is 5.97 Å². The van der Waals surface area contributed by atoms with E-state index in [4.69, 9.17) is 4.74 Å². The van der Waals surface area contributed by atoms with Crippen LogP contribution in [0, 0.1) is 13.8 Å². The fraction of sp³-hybridized carbons (Fsp3) is 0.190. The summed E-state index contributed by atoms with van der Waals surface area (Å²) in [6, 6.07) is 12.9. The van der Waals surface area contributed by atoms with Gasteiger partial charge in [-0.1, -0.05) is 35.9 Å². The molecule has 0 aliphatic rings. The van der Waals surface area contributed by atoms with Gasteiger partial charge in [0.1, 0.15) is 0 Å². The minimum Gasteiger partial charge on any atom is -0.465 e. The maximum Gasteiger partial charge on any atom is 0.338 e. The van der Waals surface area contributed by atoms with Gasteiger partial charge < -0.3 is 10.1 Å². The molecule has 27 heavy (non-hydrogen) atoms. The van der Waals surface area contributed by atoms with E-state index in [1.807, 2.05) is 44.2 Å². The average molecular weight is 363 g/mol. The lowest BCUT2D eigenvalue weighted by molar-refractivity contribution is 0.0599. The summed E-state index contributed by atoms with van der Waals surface area (Å²) in [7, 11) is 1.35. The van der Waals surface area contributed by atoms with Crippen LogP contribution in [-0.2, 0) is 11.3 Å². The lowest BCUT2D eigenvalue weighted by Gasteiger charge is -2.08. The summed E-state index contributed by atoms with van der Waals surface area (Å²) >= 11 is 0. The molecular weight excluding hydrogens is 342 g/mol. The predicted octanol–water partition coefficient (Wildman–Crippen LogP) is 3.59. The van der Waals surface area contributed by atoms with Crippen LogP contribution in [0.2, 0.25) is 0 Å². The Kier molecular flexibility index (Phi) is 5.35. The first-order chi connectivity index (χ1) is 13.0. The first-order valence-corrected chi connectivity index (χ1v) is 8.55. The summed E-state index contributed by atoms with van der Waals surface area (Å²) in [4.78, 5) is 24.4. The lowest BCUT2D eigenvalue weighted by Crippen LogP contribution is -2.13. The molecule has 6 heteroatoms. The molecule has 138 valence electrons. The van der Waals surface area contributed by atoms with E-state index in [0.717, 1.165) is 16.7 Å². The van der Waals surface area contributed by atoms with Crippen LogP contribution < -0.4 is 5.32 Å². The van der Waals surface area contributed by atoms with Gasteiger partial charge in [-0.15, -0.1) is 0 Å². The Labute approximate surface area is 157 Å². The van der Waals surface area contributed by atoms with Gasteiger partial charge in [-0.25, -0.2) is 4.79 Å². The van der Waals surface area contributed by atoms with Gasteiger partial charge in [0, 0.05) is 11.8 Å². The highest BCUT2D eigenvalue weighted by molar-refractivity contribution is 6.05. The number of nitrogens with one attached hydrogen (secondary N) is 1. The molecule has 0 radical (unpaired) electrons. The molecule has 1 aromatic heterocycles. The number of nitrogens with zero attached hydrogens (tertiary/aromatic N) is 2. The zero-order chi connectivity index (χ0) is 19.4. The number of methoxy groups -OCH3 is 1. The van der Waals surface area contributed by atoms with E-state index >= 15 is 0 Å².